The molecule has 0 aliphatic carbocycles. The number of ether oxygens (including phenoxy) is 1. The molecule has 20 heavy (non-hydrogen) atoms. The van der Waals surface area contributed by atoms with Crippen LogP contribution in [0.5, 0.6) is 0 Å². The van der Waals surface area contributed by atoms with Crippen LogP contribution in [0.1, 0.15) is 27.6 Å². The summed E-state index contributed by atoms with van der Waals surface area (Å²) < 4.78 is 5.27. The van der Waals surface area contributed by atoms with Crippen LogP contribution in [0, 0.1) is 13.8 Å². The first-order chi connectivity index (χ1) is 9.56. The zero-order valence-corrected chi connectivity index (χ0v) is 13.1. The van der Waals surface area contributed by atoms with Crippen LogP contribution in [0.4, 0.5) is 0 Å². The third-order valence-corrected chi connectivity index (χ3v) is 4.34. The maximum Gasteiger partial charge on any atom is 0.306 e. The number of hydrogen-bond acceptors (Lipinski definition) is 4. The first kappa shape index (κ1) is 15.0. The molecule has 1 heterocycles. The van der Waals surface area contributed by atoms with Crippen molar-refractivity contribution in [3.05, 3.63) is 50.4 Å². The number of aromatic nitrogens is 1. The van der Waals surface area contributed by atoms with Gasteiger partial charge in [0, 0.05) is 11.4 Å². The number of benzene rings is 1. The van der Waals surface area contributed by atoms with E-state index in [2.05, 4.69) is 4.98 Å². The number of hydrogen-bond donors (Lipinski definition) is 0. The Kier molecular flexibility index (Phi) is 5.15. The molecule has 0 spiro atoms. The Morgan fingerprint density at radius 3 is 2.75 bits per heavy atom. The molecule has 0 bridgehead atoms. The van der Waals surface area contributed by atoms with E-state index in [1.807, 2.05) is 38.1 Å². The van der Waals surface area contributed by atoms with E-state index in [-0.39, 0.29) is 5.97 Å². The summed E-state index contributed by atoms with van der Waals surface area (Å²) in [6, 6.07) is 7.53. The second-order valence-corrected chi connectivity index (χ2v) is 6.19. The summed E-state index contributed by atoms with van der Waals surface area (Å²) in [4.78, 5) is 17.0. The standard InChI is InChI=1S/C15H16ClNO2S/c1-10-14(20-11(2)17-10)9-19-15(18)8-7-12-5-3-4-6-13(12)16/h3-6H,7-9H2,1-2H3. The molecule has 0 saturated carbocycles. The average Bonchev–Trinajstić information content (AvgIpc) is 2.74. The van der Waals surface area contributed by atoms with Crippen LogP contribution in [-0.4, -0.2) is 11.0 Å². The van der Waals surface area contributed by atoms with Gasteiger partial charge in [0.05, 0.1) is 15.6 Å². The largest absolute Gasteiger partial charge is 0.460 e. The van der Waals surface area contributed by atoms with Crippen molar-refractivity contribution in [2.24, 2.45) is 0 Å². The van der Waals surface area contributed by atoms with Gasteiger partial charge in [0.1, 0.15) is 6.61 Å². The van der Waals surface area contributed by atoms with Crippen LogP contribution < -0.4 is 0 Å². The van der Waals surface area contributed by atoms with E-state index in [1.54, 1.807) is 11.3 Å². The third kappa shape index (κ3) is 4.05. The van der Waals surface area contributed by atoms with Crippen molar-refractivity contribution < 1.29 is 9.53 Å². The molecule has 0 aliphatic heterocycles. The molecule has 5 heteroatoms. The third-order valence-electron chi connectivity index (χ3n) is 2.92. The van der Waals surface area contributed by atoms with Crippen LogP contribution in [0.3, 0.4) is 0 Å². The molecule has 2 rings (SSSR count). The Hall–Kier alpha value is -1.39. The van der Waals surface area contributed by atoms with Crippen molar-refractivity contribution in [3.8, 4) is 0 Å². The van der Waals surface area contributed by atoms with Gasteiger partial charge in [0.15, 0.2) is 0 Å². The van der Waals surface area contributed by atoms with Crippen molar-refractivity contribution in [1.82, 2.24) is 4.98 Å². The number of thiazole rings is 1. The molecule has 3 nitrogen and oxygen atoms in total. The Morgan fingerprint density at radius 1 is 1.35 bits per heavy atom. The lowest BCUT2D eigenvalue weighted by Gasteiger charge is -2.05. The molecular weight excluding hydrogens is 294 g/mol. The maximum atomic E-state index is 11.7. The van der Waals surface area contributed by atoms with E-state index in [1.165, 1.54) is 0 Å². The summed E-state index contributed by atoms with van der Waals surface area (Å²) in [5.74, 6) is -0.213. The van der Waals surface area contributed by atoms with Gasteiger partial charge in [-0.2, -0.15) is 0 Å². The zero-order chi connectivity index (χ0) is 14.5. The number of aryl methyl sites for hydroxylation is 3. The fraction of sp³-hybridized carbons (Fsp3) is 0.333. The van der Waals surface area contributed by atoms with E-state index >= 15 is 0 Å². The van der Waals surface area contributed by atoms with E-state index in [4.69, 9.17) is 16.3 Å². The second-order valence-electron chi connectivity index (χ2n) is 4.49. The Bertz CT molecular complexity index is 610. The maximum absolute atomic E-state index is 11.7. The van der Waals surface area contributed by atoms with Gasteiger partial charge in [-0.25, -0.2) is 4.98 Å². The summed E-state index contributed by atoms with van der Waals surface area (Å²) in [5.41, 5.74) is 1.90. The van der Waals surface area contributed by atoms with Gasteiger partial charge >= 0.3 is 5.97 Å². The van der Waals surface area contributed by atoms with Crippen molar-refractivity contribution >= 4 is 28.9 Å². The highest BCUT2D eigenvalue weighted by atomic mass is 35.5. The number of carbonyl (C=O) groups excluding carboxylic acids is 1. The topological polar surface area (TPSA) is 39.2 Å². The Morgan fingerprint density at radius 2 is 2.10 bits per heavy atom. The lowest BCUT2D eigenvalue weighted by atomic mass is 10.1. The first-order valence-corrected chi connectivity index (χ1v) is 7.57. The summed E-state index contributed by atoms with van der Waals surface area (Å²) in [7, 11) is 0. The number of esters is 1. The van der Waals surface area contributed by atoms with Gasteiger partial charge in [-0.05, 0) is 31.9 Å². The second kappa shape index (κ2) is 6.86. The highest BCUT2D eigenvalue weighted by Crippen LogP contribution is 2.19. The number of nitrogens with zero attached hydrogens (tertiary/aromatic N) is 1. The van der Waals surface area contributed by atoms with Crippen LogP contribution in [0.15, 0.2) is 24.3 Å². The zero-order valence-electron chi connectivity index (χ0n) is 11.5. The molecule has 0 amide bonds. The molecule has 106 valence electrons. The van der Waals surface area contributed by atoms with Crippen LogP contribution in [-0.2, 0) is 22.6 Å². The molecule has 2 aromatic rings. The van der Waals surface area contributed by atoms with E-state index < -0.39 is 0 Å². The van der Waals surface area contributed by atoms with Crippen molar-refractivity contribution in [2.45, 2.75) is 33.3 Å². The fourth-order valence-corrected chi connectivity index (χ4v) is 2.94. The van der Waals surface area contributed by atoms with Gasteiger partial charge in [-0.1, -0.05) is 29.8 Å². The van der Waals surface area contributed by atoms with Gasteiger partial charge < -0.3 is 4.74 Å². The lowest BCUT2D eigenvalue weighted by Crippen LogP contribution is -2.06. The van der Waals surface area contributed by atoms with Crippen LogP contribution in [0.25, 0.3) is 0 Å². The van der Waals surface area contributed by atoms with Crippen LogP contribution in [0.2, 0.25) is 5.02 Å². The normalized spacial score (nSPS) is 10.6. The lowest BCUT2D eigenvalue weighted by molar-refractivity contribution is -0.144. The van der Waals surface area contributed by atoms with E-state index in [0.717, 1.165) is 21.1 Å². The first-order valence-electron chi connectivity index (χ1n) is 6.38. The molecule has 0 fully saturated rings. The molecule has 1 aromatic carbocycles. The summed E-state index contributed by atoms with van der Waals surface area (Å²) in [6.07, 6.45) is 0.930. The van der Waals surface area contributed by atoms with Gasteiger partial charge in [0.2, 0.25) is 0 Å². The minimum atomic E-state index is -0.213. The minimum Gasteiger partial charge on any atom is -0.460 e. The quantitative estimate of drug-likeness (QED) is 0.781. The number of halogens is 1. The molecule has 0 saturated heterocycles. The van der Waals surface area contributed by atoms with E-state index in [9.17, 15) is 4.79 Å². The average molecular weight is 310 g/mol. The smallest absolute Gasteiger partial charge is 0.306 e. The van der Waals surface area contributed by atoms with Gasteiger partial charge in [-0.15, -0.1) is 11.3 Å². The Labute approximate surface area is 127 Å². The minimum absolute atomic E-state index is 0.213. The van der Waals surface area contributed by atoms with Gasteiger partial charge in [-0.3, -0.25) is 4.79 Å². The molecule has 0 unspecified atom stereocenters. The fourth-order valence-electron chi connectivity index (χ4n) is 1.86. The number of carbonyl (C=O) groups is 1. The molecule has 0 aliphatic rings. The van der Waals surface area contributed by atoms with Gasteiger partial charge in [0.25, 0.3) is 0 Å². The highest BCUT2D eigenvalue weighted by Gasteiger charge is 2.09. The van der Waals surface area contributed by atoms with Crippen molar-refractivity contribution in [2.75, 3.05) is 0 Å². The van der Waals surface area contributed by atoms with Crippen molar-refractivity contribution in [1.29, 1.82) is 0 Å². The van der Waals surface area contributed by atoms with Crippen LogP contribution >= 0.6 is 22.9 Å². The summed E-state index contributed by atoms with van der Waals surface area (Å²) in [6.45, 7) is 4.18. The summed E-state index contributed by atoms with van der Waals surface area (Å²) >= 11 is 7.61. The molecular formula is C15H16ClNO2S. The SMILES string of the molecule is Cc1nc(C)c(COC(=O)CCc2ccccc2Cl)s1. The molecule has 1 aromatic heterocycles. The summed E-state index contributed by atoms with van der Waals surface area (Å²) in [5, 5.41) is 1.68. The molecule has 0 N–H and O–H groups in total. The predicted molar refractivity (Wildman–Crippen MR) is 81.2 cm³/mol. The number of rotatable bonds is 5. The van der Waals surface area contributed by atoms with E-state index in [0.29, 0.717) is 24.5 Å². The monoisotopic (exact) mass is 309 g/mol. The highest BCUT2D eigenvalue weighted by molar-refractivity contribution is 7.11. The Balaban J connectivity index is 1.82. The molecule has 0 atom stereocenters. The predicted octanol–water partition coefficient (Wildman–Crippen LogP) is 4.09. The molecule has 0 radical (unpaired) electrons. The van der Waals surface area contributed by atoms with Crippen molar-refractivity contribution in [3.63, 3.8) is 0 Å².